The molecule has 0 saturated heterocycles. The minimum absolute atomic E-state index is 0.113. The third-order valence-corrected chi connectivity index (χ3v) is 5.62. The van der Waals surface area contributed by atoms with E-state index in [0.717, 1.165) is 21.7 Å². The fourth-order valence-electron chi connectivity index (χ4n) is 3.27. The predicted octanol–water partition coefficient (Wildman–Crippen LogP) is 3.93. The van der Waals surface area contributed by atoms with Gasteiger partial charge in [0, 0.05) is 30.2 Å². The number of hydrogen-bond donors (Lipinski definition) is 1. The minimum Gasteiger partial charge on any atom is -0.353 e. The predicted molar refractivity (Wildman–Crippen MR) is 114 cm³/mol. The van der Waals surface area contributed by atoms with Gasteiger partial charge in [-0.15, -0.1) is 11.3 Å². The van der Waals surface area contributed by atoms with Crippen LogP contribution < -0.4 is 5.32 Å². The monoisotopic (exact) mass is 442 g/mol. The number of amides is 1. The number of pyridine rings is 1. The summed E-state index contributed by atoms with van der Waals surface area (Å²) in [5, 5.41) is 13.1. The number of nitrogens with zero attached hydrogens (tertiary/aromatic N) is 5. The highest BCUT2D eigenvalue weighted by Crippen LogP contribution is 2.34. The van der Waals surface area contributed by atoms with Crippen molar-refractivity contribution in [1.82, 2.24) is 29.9 Å². The SMILES string of the molecule is Cc1cc(C(F)F)nn1CC(=O)NCCn1ncc(-c2ccncc2)c1-c1cccs1. The number of nitrogens with one attached hydrogen (secondary N) is 1. The molecule has 31 heavy (non-hydrogen) atoms. The number of alkyl halides is 2. The van der Waals surface area contributed by atoms with Crippen LogP contribution in [-0.2, 0) is 17.9 Å². The average molecular weight is 442 g/mol. The molecule has 0 aliphatic carbocycles. The topological polar surface area (TPSA) is 77.6 Å². The fourth-order valence-corrected chi connectivity index (χ4v) is 4.05. The van der Waals surface area contributed by atoms with E-state index in [4.69, 9.17) is 0 Å². The van der Waals surface area contributed by atoms with Gasteiger partial charge in [0.1, 0.15) is 12.2 Å². The molecule has 0 saturated carbocycles. The summed E-state index contributed by atoms with van der Waals surface area (Å²) in [4.78, 5) is 17.4. The lowest BCUT2D eigenvalue weighted by atomic mass is 10.1. The molecule has 4 rings (SSSR count). The first-order valence-corrected chi connectivity index (χ1v) is 10.5. The van der Waals surface area contributed by atoms with Crippen LogP contribution in [0.4, 0.5) is 8.78 Å². The summed E-state index contributed by atoms with van der Waals surface area (Å²) >= 11 is 1.61. The summed E-state index contributed by atoms with van der Waals surface area (Å²) in [7, 11) is 0. The van der Waals surface area contributed by atoms with Crippen molar-refractivity contribution in [3.63, 3.8) is 0 Å². The zero-order valence-corrected chi connectivity index (χ0v) is 17.5. The van der Waals surface area contributed by atoms with Crippen LogP contribution in [0.5, 0.6) is 0 Å². The Kier molecular flexibility index (Phi) is 6.17. The first-order valence-electron chi connectivity index (χ1n) is 9.62. The fraction of sp³-hybridized carbons (Fsp3) is 0.238. The largest absolute Gasteiger partial charge is 0.353 e. The third-order valence-electron chi connectivity index (χ3n) is 4.75. The van der Waals surface area contributed by atoms with Crippen LogP contribution in [0.25, 0.3) is 21.7 Å². The summed E-state index contributed by atoms with van der Waals surface area (Å²) < 4.78 is 28.7. The Morgan fingerprint density at radius 3 is 2.71 bits per heavy atom. The van der Waals surface area contributed by atoms with Crippen LogP contribution in [0.3, 0.4) is 0 Å². The standard InChI is InChI=1S/C21H20F2N6OS/c1-14-11-17(21(22)23)27-29(14)13-19(30)25-8-9-28-20(18-3-2-10-31-18)16(12-26-28)15-4-6-24-7-5-15/h2-7,10-12,21H,8-9,13H2,1H3,(H,25,30). The number of aryl methyl sites for hydroxylation is 1. The molecule has 4 heterocycles. The summed E-state index contributed by atoms with van der Waals surface area (Å²) in [6.07, 6.45) is 2.63. The van der Waals surface area contributed by atoms with E-state index in [0.29, 0.717) is 18.8 Å². The van der Waals surface area contributed by atoms with Crippen molar-refractivity contribution >= 4 is 17.2 Å². The number of hydrogen-bond acceptors (Lipinski definition) is 5. The molecule has 1 amide bonds. The smallest absolute Gasteiger partial charge is 0.282 e. The highest BCUT2D eigenvalue weighted by Gasteiger charge is 2.17. The zero-order valence-electron chi connectivity index (χ0n) is 16.7. The molecule has 0 fully saturated rings. The first kappa shape index (κ1) is 20.9. The molecule has 0 aliphatic rings. The van der Waals surface area contributed by atoms with Gasteiger partial charge in [-0.3, -0.25) is 19.1 Å². The molecule has 0 bridgehead atoms. The molecule has 0 aliphatic heterocycles. The van der Waals surface area contributed by atoms with Crippen LogP contribution in [0, 0.1) is 6.92 Å². The summed E-state index contributed by atoms with van der Waals surface area (Å²) in [5.41, 5.74) is 3.16. The number of thiophene rings is 1. The molecule has 0 atom stereocenters. The average Bonchev–Trinajstić information content (AvgIpc) is 3.49. The minimum atomic E-state index is -2.66. The Morgan fingerprint density at radius 1 is 1.23 bits per heavy atom. The van der Waals surface area contributed by atoms with Crippen molar-refractivity contribution in [3.8, 4) is 21.7 Å². The maximum atomic E-state index is 12.8. The van der Waals surface area contributed by atoms with Crippen LogP contribution in [-0.4, -0.2) is 37.0 Å². The molecule has 0 radical (unpaired) electrons. The molecule has 1 N–H and O–H groups in total. The van der Waals surface area contributed by atoms with E-state index in [1.54, 1.807) is 30.7 Å². The molecule has 4 aromatic rings. The normalized spacial score (nSPS) is 11.2. The van der Waals surface area contributed by atoms with Crippen LogP contribution in [0.2, 0.25) is 0 Å². The quantitative estimate of drug-likeness (QED) is 0.449. The molecule has 0 spiro atoms. The molecule has 7 nitrogen and oxygen atoms in total. The van der Waals surface area contributed by atoms with E-state index >= 15 is 0 Å². The van der Waals surface area contributed by atoms with E-state index < -0.39 is 6.43 Å². The Balaban J connectivity index is 1.44. The van der Waals surface area contributed by atoms with Gasteiger partial charge < -0.3 is 5.32 Å². The van der Waals surface area contributed by atoms with Crippen molar-refractivity contribution in [2.24, 2.45) is 0 Å². The first-order chi connectivity index (χ1) is 15.0. The summed E-state index contributed by atoms with van der Waals surface area (Å²) in [6, 6.07) is 9.16. The lowest BCUT2D eigenvalue weighted by Gasteiger charge is -2.10. The van der Waals surface area contributed by atoms with E-state index in [2.05, 4.69) is 20.5 Å². The van der Waals surface area contributed by atoms with Gasteiger partial charge in [0.05, 0.1) is 23.3 Å². The van der Waals surface area contributed by atoms with Gasteiger partial charge in [-0.25, -0.2) is 8.78 Å². The van der Waals surface area contributed by atoms with Gasteiger partial charge >= 0.3 is 0 Å². The van der Waals surface area contributed by atoms with Crippen LogP contribution in [0.15, 0.2) is 54.3 Å². The molecule has 0 aromatic carbocycles. The molecule has 10 heteroatoms. The van der Waals surface area contributed by atoms with Crippen molar-refractivity contribution in [3.05, 3.63) is 65.7 Å². The van der Waals surface area contributed by atoms with Gasteiger partial charge in [0.25, 0.3) is 6.43 Å². The van der Waals surface area contributed by atoms with Gasteiger partial charge in [-0.05, 0) is 42.1 Å². The number of carbonyl (C=O) groups is 1. The van der Waals surface area contributed by atoms with Crippen molar-refractivity contribution in [2.45, 2.75) is 26.4 Å². The Bertz CT molecular complexity index is 1150. The number of rotatable bonds is 8. The van der Waals surface area contributed by atoms with E-state index in [-0.39, 0.29) is 18.1 Å². The van der Waals surface area contributed by atoms with Gasteiger partial charge in [-0.2, -0.15) is 10.2 Å². The second-order valence-electron chi connectivity index (χ2n) is 6.86. The number of carbonyl (C=O) groups excluding carboxylic acids is 1. The molecule has 160 valence electrons. The zero-order chi connectivity index (χ0) is 21.8. The number of aromatic nitrogens is 5. The van der Waals surface area contributed by atoms with E-state index in [1.807, 2.05) is 40.5 Å². The van der Waals surface area contributed by atoms with Crippen LogP contribution >= 0.6 is 11.3 Å². The van der Waals surface area contributed by atoms with Crippen molar-refractivity contribution in [2.75, 3.05) is 6.54 Å². The van der Waals surface area contributed by atoms with E-state index in [9.17, 15) is 13.6 Å². The Morgan fingerprint density at radius 2 is 2.03 bits per heavy atom. The molecular weight excluding hydrogens is 422 g/mol. The number of halogens is 2. The van der Waals surface area contributed by atoms with E-state index in [1.165, 1.54) is 10.7 Å². The maximum Gasteiger partial charge on any atom is 0.282 e. The molecular formula is C21H20F2N6OS. The third kappa shape index (κ3) is 4.69. The highest BCUT2D eigenvalue weighted by molar-refractivity contribution is 7.13. The Labute approximate surface area is 181 Å². The van der Waals surface area contributed by atoms with Crippen molar-refractivity contribution in [1.29, 1.82) is 0 Å². The van der Waals surface area contributed by atoms with Gasteiger partial charge in [0.2, 0.25) is 5.91 Å². The second kappa shape index (κ2) is 9.17. The lowest BCUT2D eigenvalue weighted by molar-refractivity contribution is -0.121. The highest BCUT2D eigenvalue weighted by atomic mass is 32.1. The summed E-state index contributed by atoms with van der Waals surface area (Å²) in [6.45, 7) is 2.34. The molecule has 0 unspecified atom stereocenters. The van der Waals surface area contributed by atoms with Gasteiger partial charge in [0.15, 0.2) is 0 Å². The molecule has 4 aromatic heterocycles. The second-order valence-corrected chi connectivity index (χ2v) is 7.81. The van der Waals surface area contributed by atoms with Gasteiger partial charge in [-0.1, -0.05) is 6.07 Å². The van der Waals surface area contributed by atoms with Crippen molar-refractivity contribution < 1.29 is 13.6 Å². The summed E-state index contributed by atoms with van der Waals surface area (Å²) in [5.74, 6) is -0.300. The maximum absolute atomic E-state index is 12.8. The Hall–Kier alpha value is -3.40. The lowest BCUT2D eigenvalue weighted by Crippen LogP contribution is -2.31. The van der Waals surface area contributed by atoms with Crippen LogP contribution in [0.1, 0.15) is 17.8 Å².